The van der Waals surface area contributed by atoms with E-state index in [1.165, 1.54) is 0 Å². The van der Waals surface area contributed by atoms with Gasteiger partial charge in [0.1, 0.15) is 0 Å². The predicted molar refractivity (Wildman–Crippen MR) is 28.8 cm³/mol. The summed E-state index contributed by atoms with van der Waals surface area (Å²) in [5, 5.41) is 11.5. The summed E-state index contributed by atoms with van der Waals surface area (Å²) in [5.74, 6) is 0. The summed E-state index contributed by atoms with van der Waals surface area (Å²) in [6, 6.07) is 1.70. The molecule has 0 aliphatic rings. The highest BCUT2D eigenvalue weighted by molar-refractivity contribution is 5.43. The van der Waals surface area contributed by atoms with Crippen molar-refractivity contribution in [1.29, 1.82) is 0 Å². The lowest BCUT2D eigenvalue weighted by molar-refractivity contribution is -0.876. The first-order valence-corrected chi connectivity index (χ1v) is 1.99. The van der Waals surface area contributed by atoms with E-state index in [9.17, 15) is 0 Å². The molecule has 0 aromatic rings. The molecule has 0 spiro atoms. The Balaban J connectivity index is 3.80. The second-order valence-electron chi connectivity index (χ2n) is 2.14. The molecule has 0 bridgehead atoms. The molecule has 3 heteroatoms. The average molecular weight is 99.1 g/mol. The predicted octanol–water partition coefficient (Wildman–Crippen LogP) is 0.351. The Morgan fingerprint density at radius 2 is 1.86 bits per heavy atom. The van der Waals surface area contributed by atoms with Crippen LogP contribution < -0.4 is 0 Å². The van der Waals surface area contributed by atoms with Crippen LogP contribution in [0, 0.1) is 0 Å². The van der Waals surface area contributed by atoms with Gasteiger partial charge in [0.05, 0.1) is 21.1 Å². The van der Waals surface area contributed by atoms with Crippen molar-refractivity contribution in [2.45, 2.75) is 0 Å². The summed E-state index contributed by atoms with van der Waals surface area (Å²) in [5.41, 5.74) is 0. The van der Waals surface area contributed by atoms with Crippen molar-refractivity contribution in [3.8, 4) is 0 Å². The Labute approximate surface area is 43.4 Å². The zero-order chi connectivity index (χ0) is 5.91. The fourth-order valence-corrected chi connectivity index (χ4v) is 0.134. The highest BCUT2D eigenvalue weighted by Crippen LogP contribution is 1.85. The van der Waals surface area contributed by atoms with Gasteiger partial charge in [-0.05, 0) is 0 Å². The fraction of sp³-hybridized carbons (Fsp3) is 0.750. The van der Waals surface area contributed by atoms with Gasteiger partial charge in [-0.2, -0.15) is 0 Å². The molecule has 0 aliphatic carbocycles. The Morgan fingerprint density at radius 1 is 1.43 bits per heavy atom. The van der Waals surface area contributed by atoms with Crippen LogP contribution in [0.4, 0.5) is 0 Å². The first kappa shape index (κ1) is 6.34. The van der Waals surface area contributed by atoms with Crippen LogP contribution in [0.15, 0.2) is 5.10 Å². The molecule has 0 aromatic heterocycles. The van der Waals surface area contributed by atoms with Gasteiger partial charge in [-0.25, -0.2) is 5.10 Å². The van der Waals surface area contributed by atoms with Gasteiger partial charge in [-0.1, -0.05) is 6.01 Å². The van der Waals surface area contributed by atoms with Crippen molar-refractivity contribution >= 4 is 6.01 Å². The largest absolute Gasteiger partial charge is 0.418 e. The van der Waals surface area contributed by atoms with E-state index in [0.717, 1.165) is 0 Å². The van der Waals surface area contributed by atoms with Crippen molar-refractivity contribution in [3.63, 3.8) is 0 Å². The molecule has 0 radical (unpaired) electrons. The topological polar surface area (TPSA) is 34.7 Å². The van der Waals surface area contributed by atoms with Gasteiger partial charge in [0.2, 0.25) is 0 Å². The third kappa shape index (κ3) is 5.34. The molecule has 0 aliphatic heterocycles. The lowest BCUT2D eigenvalue weighted by Crippen LogP contribution is -2.26. The lowest BCUT2D eigenvalue weighted by atomic mass is 10.9. The van der Waals surface area contributed by atoms with E-state index in [4.69, 9.17) is 5.41 Å². The van der Waals surface area contributed by atoms with Crippen molar-refractivity contribution < 1.29 is 4.59 Å². The zero-order valence-corrected chi connectivity index (χ0v) is 4.84. The molecular weight excluding hydrogens is 90.1 g/mol. The van der Waals surface area contributed by atoms with Gasteiger partial charge >= 0.3 is 0 Å². The molecule has 0 aromatic carbocycles. The van der Waals surface area contributed by atoms with Crippen molar-refractivity contribution in [2.75, 3.05) is 21.1 Å². The molecule has 0 atom stereocenters. The summed E-state index contributed by atoms with van der Waals surface area (Å²) in [6.07, 6.45) is 0. The Kier molecular flexibility index (Phi) is 1.69. The second kappa shape index (κ2) is 1.87. The fourth-order valence-electron chi connectivity index (χ4n) is 0.134. The second-order valence-corrected chi connectivity index (χ2v) is 2.14. The van der Waals surface area contributed by atoms with Crippen LogP contribution in [0.5, 0.6) is 0 Å². The molecule has 7 heavy (non-hydrogen) atoms. The molecule has 0 heterocycles. The molecule has 0 N–H and O–H groups in total. The Hall–Kier alpha value is -0.660. The van der Waals surface area contributed by atoms with Crippen LogP contribution in [0.25, 0.3) is 5.41 Å². The van der Waals surface area contributed by atoms with Crippen molar-refractivity contribution in [1.82, 2.24) is 0 Å². The van der Waals surface area contributed by atoms with Crippen LogP contribution >= 0.6 is 0 Å². The summed E-state index contributed by atoms with van der Waals surface area (Å²) < 4.78 is 0.358. The van der Waals surface area contributed by atoms with Crippen LogP contribution in [-0.4, -0.2) is 31.7 Å². The minimum absolute atomic E-state index is 0.358. The number of rotatable bonds is 1. The van der Waals surface area contributed by atoms with E-state index in [-0.39, 0.29) is 0 Å². The van der Waals surface area contributed by atoms with E-state index in [1.54, 1.807) is 6.01 Å². The quantitative estimate of drug-likeness (QED) is 0.258. The maximum absolute atomic E-state index is 7.97. The normalized spacial score (nSPS) is 10.1. The zero-order valence-electron chi connectivity index (χ0n) is 4.84. The highest BCUT2D eigenvalue weighted by atomic mass is 15.6. The van der Waals surface area contributed by atoms with Gasteiger partial charge < -0.3 is 5.41 Å². The van der Waals surface area contributed by atoms with Crippen LogP contribution in [-0.2, 0) is 0 Å². The van der Waals surface area contributed by atoms with E-state index in [0.29, 0.717) is 4.59 Å². The minimum atomic E-state index is 0.358. The van der Waals surface area contributed by atoms with Gasteiger partial charge in [0.25, 0.3) is 0 Å². The van der Waals surface area contributed by atoms with E-state index >= 15 is 0 Å². The molecular formula is C4H9N3. The summed E-state index contributed by atoms with van der Waals surface area (Å²) in [4.78, 5) is 0. The van der Waals surface area contributed by atoms with Crippen molar-refractivity contribution in [3.05, 3.63) is 5.41 Å². The lowest BCUT2D eigenvalue weighted by Gasteiger charge is -2.19. The monoisotopic (exact) mass is 99.1 g/mol. The maximum atomic E-state index is 7.97. The Bertz CT molecular complexity index is 94.0. The van der Waals surface area contributed by atoms with Gasteiger partial charge in [-0.15, -0.1) is 0 Å². The van der Waals surface area contributed by atoms with Crippen LogP contribution in [0.2, 0.25) is 0 Å². The standard InChI is InChI=1S/C4H9N3/c1-7(2,3)6-4-5/h1-3H3. The average Bonchev–Trinajstić information content (AvgIpc) is 1.30. The van der Waals surface area contributed by atoms with E-state index in [1.807, 2.05) is 21.1 Å². The summed E-state index contributed by atoms with van der Waals surface area (Å²) in [6.45, 7) is 0. The molecule has 0 fully saturated rings. The maximum Gasteiger partial charge on any atom is 0.0774 e. The number of hydrogen-bond donors (Lipinski definition) is 0. The Morgan fingerprint density at radius 3 is 1.86 bits per heavy atom. The molecule has 40 valence electrons. The molecule has 0 unspecified atom stereocenters. The molecule has 0 amide bonds. The first-order chi connectivity index (χ1) is 3.06. The highest BCUT2D eigenvalue weighted by Gasteiger charge is 1.90. The van der Waals surface area contributed by atoms with Gasteiger partial charge in [0.15, 0.2) is 0 Å². The molecule has 0 saturated heterocycles. The summed E-state index contributed by atoms with van der Waals surface area (Å²) >= 11 is 0. The first-order valence-electron chi connectivity index (χ1n) is 1.99. The number of quaternary nitrogens is 1. The number of nitrogens with zero attached hydrogens (tertiary/aromatic N) is 3. The van der Waals surface area contributed by atoms with E-state index < -0.39 is 0 Å². The molecule has 0 rings (SSSR count). The van der Waals surface area contributed by atoms with E-state index in [2.05, 4.69) is 5.10 Å². The third-order valence-corrected chi connectivity index (χ3v) is 0.345. The van der Waals surface area contributed by atoms with Gasteiger partial charge in [0, 0.05) is 0 Å². The molecule has 0 saturated carbocycles. The number of hydrogen-bond acceptors (Lipinski definition) is 1. The minimum Gasteiger partial charge on any atom is -0.418 e. The SMILES string of the molecule is C[N+](C)(C)N=C=[N-]. The third-order valence-electron chi connectivity index (χ3n) is 0.345. The van der Waals surface area contributed by atoms with Crippen molar-refractivity contribution in [2.24, 2.45) is 5.10 Å². The van der Waals surface area contributed by atoms with Crippen LogP contribution in [0.3, 0.4) is 0 Å². The molecule has 3 nitrogen and oxygen atoms in total. The van der Waals surface area contributed by atoms with Gasteiger partial charge in [-0.3, -0.25) is 4.59 Å². The van der Waals surface area contributed by atoms with Crippen LogP contribution in [0.1, 0.15) is 0 Å². The summed E-state index contributed by atoms with van der Waals surface area (Å²) in [7, 11) is 5.47. The smallest absolute Gasteiger partial charge is 0.0774 e.